The first-order chi connectivity index (χ1) is 4.00. The zero-order valence-corrected chi connectivity index (χ0v) is 11.7. The molecule has 0 aromatic carbocycles. The van der Waals surface area contributed by atoms with Gasteiger partial charge in [-0.1, -0.05) is 0 Å². The van der Waals surface area contributed by atoms with Crippen LogP contribution in [0, 0.1) is 0 Å². The third-order valence-corrected chi connectivity index (χ3v) is 0. The van der Waals surface area contributed by atoms with Gasteiger partial charge < -0.3 is 23.8 Å². The maximum atomic E-state index is 8.63. The molecule has 0 fully saturated rings. The molecular weight excluding hydrogens is 257 g/mol. The van der Waals surface area contributed by atoms with Crippen molar-refractivity contribution in [3.63, 3.8) is 0 Å². The summed E-state index contributed by atoms with van der Waals surface area (Å²) in [7, 11) is -10.3. The zero-order chi connectivity index (χ0) is 9.00. The molecule has 0 aromatic rings. The summed E-state index contributed by atoms with van der Waals surface area (Å²) >= 11 is 0. The van der Waals surface area contributed by atoms with Gasteiger partial charge in [-0.05, 0) is 0 Å². The van der Waals surface area contributed by atoms with Crippen molar-refractivity contribution in [2.75, 3.05) is 0 Å². The average molecular weight is 258 g/mol. The first-order valence-corrected chi connectivity index (χ1v) is 4.24. The van der Waals surface area contributed by atoms with Gasteiger partial charge in [-0.25, -0.2) is 8.42 Å². The van der Waals surface area contributed by atoms with Crippen molar-refractivity contribution >= 4 is 35.6 Å². The Morgan fingerprint density at radius 3 is 1.17 bits per heavy atom. The molecule has 0 heterocycles. The third kappa shape index (κ3) is 327. The van der Waals surface area contributed by atoms with Crippen LogP contribution < -0.4 is 66.1 Å². The Labute approximate surface area is 122 Å². The Hall–Kier alpha value is 2.15. The van der Waals surface area contributed by atoms with E-state index in [0.29, 0.717) is 0 Å². The quantitative estimate of drug-likeness (QED) is 0.194. The van der Waals surface area contributed by atoms with Crippen LogP contribution in [0.2, 0.25) is 0 Å². The van der Waals surface area contributed by atoms with Crippen LogP contribution in [0.3, 0.4) is 0 Å². The molecule has 0 spiro atoms. The van der Waals surface area contributed by atoms with Crippen molar-refractivity contribution < 1.29 is 88.2 Å². The second-order valence-corrected chi connectivity index (χ2v) is 2.62. The summed E-state index contributed by atoms with van der Waals surface area (Å²) in [5, 5.41) is 0. The van der Waals surface area contributed by atoms with Crippen LogP contribution in [0.1, 0.15) is 0 Å². The molecule has 1 N–H and O–H groups in total. The number of phosphoric acid groups is 1. The van der Waals surface area contributed by atoms with Crippen LogP contribution in [0.15, 0.2) is 0 Å². The maximum Gasteiger partial charge on any atom is 3.00 e. The monoisotopic (exact) mass is 258 g/mol. The van der Waals surface area contributed by atoms with Gasteiger partial charge in [0.25, 0.3) is 0 Å². The molecule has 0 aliphatic heterocycles. The summed E-state index contributed by atoms with van der Waals surface area (Å²) in [6.45, 7) is 0. The van der Waals surface area contributed by atoms with E-state index in [-0.39, 0.29) is 68.7 Å². The SMILES string of the molecule is O=P([O-])([O-])[O-].O=S(=O)([O-])O.[Al+3].[K+]. The molecule has 0 radical (unpaired) electrons. The number of rotatable bonds is 0. The van der Waals surface area contributed by atoms with E-state index in [9.17, 15) is 0 Å². The van der Waals surface area contributed by atoms with Crippen molar-refractivity contribution in [1.29, 1.82) is 0 Å². The average Bonchev–Trinajstić information content (AvgIpc) is 1.12. The Balaban J connectivity index is -0.0000000457. The fourth-order valence-corrected chi connectivity index (χ4v) is 0. The van der Waals surface area contributed by atoms with E-state index in [2.05, 4.69) is 0 Å². The minimum Gasteiger partial charge on any atom is -0.822 e. The van der Waals surface area contributed by atoms with Crippen LogP contribution in [0.5, 0.6) is 0 Å². The Morgan fingerprint density at radius 2 is 1.17 bits per heavy atom. The van der Waals surface area contributed by atoms with Gasteiger partial charge in [-0.2, -0.15) is 7.82 Å². The summed E-state index contributed by atoms with van der Waals surface area (Å²) in [5.41, 5.74) is 0. The van der Waals surface area contributed by atoms with Gasteiger partial charge in [-0.15, -0.1) is 0 Å². The molecule has 64 valence electrons. The van der Waals surface area contributed by atoms with Gasteiger partial charge in [0.2, 0.25) is 10.4 Å². The first kappa shape index (κ1) is 23.7. The second kappa shape index (κ2) is 9.69. The van der Waals surface area contributed by atoms with Gasteiger partial charge >= 0.3 is 68.7 Å². The van der Waals surface area contributed by atoms with Crippen LogP contribution in [0.25, 0.3) is 0 Å². The molecule has 0 bridgehead atoms. The van der Waals surface area contributed by atoms with E-state index in [1.165, 1.54) is 0 Å². The molecule has 0 unspecified atom stereocenters. The van der Waals surface area contributed by atoms with Crippen LogP contribution in [-0.4, -0.2) is 34.9 Å². The predicted octanol–water partition coefficient (Wildman–Crippen LogP) is -7.20. The standard InChI is InChI=1S/Al.K.H3O4P.H2O4S/c;;2*1-5(2,3)4/h;;(H3,1,2,3,4);(H2,1,2,3,4)/q+3;+1;;/p-4. The van der Waals surface area contributed by atoms with Crippen molar-refractivity contribution in [3.05, 3.63) is 0 Å². The Kier molecular flexibility index (Phi) is 19.2. The topological polar surface area (TPSA) is 164 Å². The van der Waals surface area contributed by atoms with Crippen molar-refractivity contribution in [3.8, 4) is 0 Å². The number of hydrogen-bond donors (Lipinski definition) is 1. The molecule has 0 aliphatic carbocycles. The van der Waals surface area contributed by atoms with Gasteiger partial charge in [0.05, 0.1) is 0 Å². The summed E-state index contributed by atoms with van der Waals surface area (Å²) in [6.07, 6.45) is 0. The van der Waals surface area contributed by atoms with Gasteiger partial charge in [0, 0.05) is 0 Å². The van der Waals surface area contributed by atoms with Crippen LogP contribution in [-0.2, 0) is 15.0 Å². The van der Waals surface area contributed by atoms with Gasteiger partial charge in [0.15, 0.2) is 0 Å². The minimum atomic E-state index is -5.39. The van der Waals surface area contributed by atoms with E-state index in [0.717, 1.165) is 0 Å². The zero-order valence-electron chi connectivity index (χ0n) is 5.74. The van der Waals surface area contributed by atoms with Crippen molar-refractivity contribution in [1.82, 2.24) is 0 Å². The van der Waals surface area contributed by atoms with Gasteiger partial charge in [-0.3, -0.25) is 4.55 Å². The summed E-state index contributed by atoms with van der Waals surface area (Å²) in [4.78, 5) is 25.6. The fraction of sp³-hybridized carbons (Fsp3) is 0. The molecule has 0 amide bonds. The predicted molar refractivity (Wildman–Crippen MR) is 25.7 cm³/mol. The second-order valence-electron chi connectivity index (χ2n) is 0.875. The van der Waals surface area contributed by atoms with E-state index in [4.69, 9.17) is 36.8 Å². The summed E-state index contributed by atoms with van der Waals surface area (Å²) in [5.74, 6) is 0. The maximum absolute atomic E-state index is 8.63. The molecule has 12 heteroatoms. The molecular formula is HAlKO8PS. The van der Waals surface area contributed by atoms with Gasteiger partial charge in [0.1, 0.15) is 0 Å². The molecule has 0 saturated heterocycles. The summed E-state index contributed by atoms with van der Waals surface area (Å²) in [6, 6.07) is 0. The van der Waals surface area contributed by atoms with E-state index in [1.54, 1.807) is 0 Å². The van der Waals surface area contributed by atoms with Crippen molar-refractivity contribution in [2.45, 2.75) is 0 Å². The molecule has 0 saturated carbocycles. The summed E-state index contributed by atoms with van der Waals surface area (Å²) < 4.78 is 41.4. The van der Waals surface area contributed by atoms with Crippen LogP contribution >= 0.6 is 7.82 Å². The molecule has 0 atom stereocenters. The molecule has 0 aromatic heterocycles. The smallest absolute Gasteiger partial charge is 0.822 e. The Bertz CT molecular complexity index is 197. The van der Waals surface area contributed by atoms with Crippen LogP contribution in [0.4, 0.5) is 0 Å². The largest absolute Gasteiger partial charge is 3.00 e. The molecule has 0 rings (SSSR count). The molecule has 12 heavy (non-hydrogen) atoms. The minimum absolute atomic E-state index is 0. The fourth-order valence-electron chi connectivity index (χ4n) is 0. The third-order valence-electron chi connectivity index (χ3n) is 0. The first-order valence-electron chi connectivity index (χ1n) is 1.41. The Morgan fingerprint density at radius 1 is 1.17 bits per heavy atom. The normalized spacial score (nSPS) is 9.75. The molecule has 0 aliphatic rings. The number of hydrogen-bond acceptors (Lipinski definition) is 7. The van der Waals surface area contributed by atoms with E-state index >= 15 is 0 Å². The molecule has 8 nitrogen and oxygen atoms in total. The van der Waals surface area contributed by atoms with E-state index in [1.807, 2.05) is 0 Å². The van der Waals surface area contributed by atoms with E-state index < -0.39 is 18.2 Å². The van der Waals surface area contributed by atoms with Crippen molar-refractivity contribution in [2.24, 2.45) is 0 Å².